The summed E-state index contributed by atoms with van der Waals surface area (Å²) in [5.74, 6) is 5.76. The maximum absolute atomic E-state index is 5.76. The first-order valence-corrected chi connectivity index (χ1v) is 7.66. The quantitative estimate of drug-likeness (QED) is 0.630. The first kappa shape index (κ1) is 14.4. The van der Waals surface area contributed by atoms with E-state index >= 15 is 0 Å². The minimum atomic E-state index is 0.104. The van der Waals surface area contributed by atoms with Crippen LogP contribution in [0.3, 0.4) is 0 Å². The van der Waals surface area contributed by atoms with Gasteiger partial charge in [-0.2, -0.15) is 0 Å². The molecule has 0 bridgehead atoms. The van der Waals surface area contributed by atoms with Gasteiger partial charge in [-0.1, -0.05) is 12.1 Å². The molecule has 5 nitrogen and oxygen atoms in total. The van der Waals surface area contributed by atoms with Gasteiger partial charge in [0.05, 0.1) is 17.1 Å². The van der Waals surface area contributed by atoms with Crippen molar-refractivity contribution >= 4 is 11.0 Å². The molecule has 1 saturated heterocycles. The molecular formula is C16H22N4O. The number of ether oxygens (including phenoxy) is 1. The van der Waals surface area contributed by atoms with Gasteiger partial charge < -0.3 is 4.74 Å². The van der Waals surface area contributed by atoms with Gasteiger partial charge in [-0.15, -0.1) is 0 Å². The first-order chi connectivity index (χ1) is 10.4. The molecule has 2 heterocycles. The molecule has 0 saturated carbocycles. The highest BCUT2D eigenvalue weighted by atomic mass is 16.5. The monoisotopic (exact) mass is 286 g/mol. The standard InChI is InChI=1S/C16H22N4O/c17-20-14(7-1-4-12-5-3-11-21-12)13-6-2-8-15-16(13)19-10-9-18-15/h2,6,8-10,12,14,20H,1,3-5,7,11,17H2. The molecule has 3 N–H and O–H groups in total. The second kappa shape index (κ2) is 6.93. The van der Waals surface area contributed by atoms with E-state index in [9.17, 15) is 0 Å². The molecule has 1 aliphatic heterocycles. The minimum absolute atomic E-state index is 0.104. The number of nitrogens with zero attached hydrogens (tertiary/aromatic N) is 2. The summed E-state index contributed by atoms with van der Waals surface area (Å²) in [6, 6.07) is 6.17. The largest absolute Gasteiger partial charge is 0.378 e. The van der Waals surface area contributed by atoms with Crippen molar-refractivity contribution in [1.82, 2.24) is 15.4 Å². The summed E-state index contributed by atoms with van der Waals surface area (Å²) in [5.41, 5.74) is 5.89. The van der Waals surface area contributed by atoms with Gasteiger partial charge in [0.25, 0.3) is 0 Å². The molecule has 21 heavy (non-hydrogen) atoms. The highest BCUT2D eigenvalue weighted by molar-refractivity contribution is 5.78. The van der Waals surface area contributed by atoms with E-state index in [1.54, 1.807) is 12.4 Å². The van der Waals surface area contributed by atoms with Crippen LogP contribution in [0.2, 0.25) is 0 Å². The zero-order chi connectivity index (χ0) is 14.5. The van der Waals surface area contributed by atoms with Gasteiger partial charge in [-0.25, -0.2) is 0 Å². The maximum Gasteiger partial charge on any atom is 0.0935 e. The van der Waals surface area contributed by atoms with Crippen LogP contribution in [0.4, 0.5) is 0 Å². The summed E-state index contributed by atoms with van der Waals surface area (Å²) < 4.78 is 5.67. The van der Waals surface area contributed by atoms with E-state index in [1.807, 2.05) is 12.1 Å². The average molecular weight is 286 g/mol. The number of benzene rings is 1. The zero-order valence-corrected chi connectivity index (χ0v) is 12.2. The van der Waals surface area contributed by atoms with Crippen molar-refractivity contribution in [3.63, 3.8) is 0 Å². The van der Waals surface area contributed by atoms with E-state index in [1.165, 1.54) is 12.8 Å². The summed E-state index contributed by atoms with van der Waals surface area (Å²) >= 11 is 0. The van der Waals surface area contributed by atoms with E-state index in [0.717, 1.165) is 42.5 Å². The van der Waals surface area contributed by atoms with Crippen molar-refractivity contribution < 1.29 is 4.74 Å². The normalized spacial score (nSPS) is 20.0. The van der Waals surface area contributed by atoms with E-state index in [2.05, 4.69) is 21.5 Å². The van der Waals surface area contributed by atoms with Gasteiger partial charge in [-0.05, 0) is 43.7 Å². The molecule has 1 aromatic heterocycles. The third-order valence-electron chi connectivity index (χ3n) is 4.15. The van der Waals surface area contributed by atoms with Gasteiger partial charge in [0.2, 0.25) is 0 Å². The van der Waals surface area contributed by atoms with Gasteiger partial charge in [0.15, 0.2) is 0 Å². The fourth-order valence-corrected chi connectivity index (χ4v) is 3.05. The van der Waals surface area contributed by atoms with Crippen molar-refractivity contribution in [3.05, 3.63) is 36.2 Å². The Morgan fingerprint density at radius 3 is 3.05 bits per heavy atom. The zero-order valence-electron chi connectivity index (χ0n) is 12.2. The molecular weight excluding hydrogens is 264 g/mol. The summed E-state index contributed by atoms with van der Waals surface area (Å²) in [5, 5.41) is 0. The van der Waals surface area contributed by atoms with Crippen LogP contribution < -0.4 is 11.3 Å². The van der Waals surface area contributed by atoms with Crippen molar-refractivity contribution in [2.45, 2.75) is 44.2 Å². The number of nitrogens with two attached hydrogens (primary N) is 1. The van der Waals surface area contributed by atoms with Gasteiger partial charge in [0.1, 0.15) is 0 Å². The van der Waals surface area contributed by atoms with Crippen LogP contribution in [0.25, 0.3) is 11.0 Å². The second-order valence-electron chi connectivity index (χ2n) is 5.56. The topological polar surface area (TPSA) is 73.1 Å². The Kier molecular flexibility index (Phi) is 4.75. The number of nitrogens with one attached hydrogen (secondary N) is 1. The number of fused-ring (bicyclic) bond motifs is 1. The first-order valence-electron chi connectivity index (χ1n) is 7.66. The molecule has 0 aliphatic carbocycles. The van der Waals surface area contributed by atoms with Crippen molar-refractivity contribution in [3.8, 4) is 0 Å². The molecule has 5 heteroatoms. The number of para-hydroxylation sites is 1. The van der Waals surface area contributed by atoms with Crippen molar-refractivity contribution in [1.29, 1.82) is 0 Å². The van der Waals surface area contributed by atoms with Crippen molar-refractivity contribution in [2.75, 3.05) is 6.61 Å². The fourth-order valence-electron chi connectivity index (χ4n) is 3.05. The highest BCUT2D eigenvalue weighted by Crippen LogP contribution is 2.26. The van der Waals surface area contributed by atoms with E-state index < -0.39 is 0 Å². The Morgan fingerprint density at radius 1 is 1.33 bits per heavy atom. The number of aromatic nitrogens is 2. The van der Waals surface area contributed by atoms with Crippen LogP contribution in [0, 0.1) is 0 Å². The smallest absolute Gasteiger partial charge is 0.0935 e. The lowest BCUT2D eigenvalue weighted by molar-refractivity contribution is 0.101. The van der Waals surface area contributed by atoms with Crippen LogP contribution in [-0.2, 0) is 4.74 Å². The molecule has 3 rings (SSSR count). The van der Waals surface area contributed by atoms with Crippen molar-refractivity contribution in [2.24, 2.45) is 5.84 Å². The molecule has 0 spiro atoms. The van der Waals surface area contributed by atoms with Gasteiger partial charge >= 0.3 is 0 Å². The molecule has 2 atom stereocenters. The van der Waals surface area contributed by atoms with E-state index in [4.69, 9.17) is 10.6 Å². The van der Waals surface area contributed by atoms with Crippen LogP contribution in [-0.4, -0.2) is 22.7 Å². The second-order valence-corrected chi connectivity index (χ2v) is 5.56. The molecule has 1 aromatic carbocycles. The molecule has 2 unspecified atom stereocenters. The van der Waals surface area contributed by atoms with Crippen LogP contribution in [0.5, 0.6) is 0 Å². The Labute approximate surface area is 124 Å². The number of hydrogen-bond acceptors (Lipinski definition) is 5. The molecule has 1 aliphatic rings. The molecule has 0 amide bonds. The van der Waals surface area contributed by atoms with Gasteiger partial charge in [0, 0.05) is 25.0 Å². The van der Waals surface area contributed by atoms with Crippen LogP contribution in [0.15, 0.2) is 30.6 Å². The summed E-state index contributed by atoms with van der Waals surface area (Å²) in [7, 11) is 0. The number of hydrogen-bond donors (Lipinski definition) is 2. The molecule has 2 aromatic rings. The summed E-state index contributed by atoms with van der Waals surface area (Å²) in [4.78, 5) is 8.80. The summed E-state index contributed by atoms with van der Waals surface area (Å²) in [6.07, 6.45) is 9.45. The predicted octanol–water partition coefficient (Wildman–Crippen LogP) is 2.48. The summed E-state index contributed by atoms with van der Waals surface area (Å²) in [6.45, 7) is 0.919. The lowest BCUT2D eigenvalue weighted by Crippen LogP contribution is -2.28. The molecule has 1 fully saturated rings. The average Bonchev–Trinajstić information content (AvgIpc) is 3.05. The number of rotatable bonds is 6. The number of hydrazine groups is 1. The van der Waals surface area contributed by atoms with Gasteiger partial charge in [-0.3, -0.25) is 21.2 Å². The Balaban J connectivity index is 1.69. The molecule has 0 radical (unpaired) electrons. The van der Waals surface area contributed by atoms with E-state index in [-0.39, 0.29) is 6.04 Å². The predicted molar refractivity (Wildman–Crippen MR) is 82.4 cm³/mol. The lowest BCUT2D eigenvalue weighted by Gasteiger charge is -2.18. The third-order valence-corrected chi connectivity index (χ3v) is 4.15. The van der Waals surface area contributed by atoms with E-state index in [0.29, 0.717) is 6.10 Å². The maximum atomic E-state index is 5.76. The highest BCUT2D eigenvalue weighted by Gasteiger charge is 2.18. The Morgan fingerprint density at radius 2 is 2.24 bits per heavy atom. The Hall–Kier alpha value is -1.56. The Bertz CT molecular complexity index is 578. The van der Waals surface area contributed by atoms with Crippen LogP contribution in [0.1, 0.15) is 43.7 Å². The van der Waals surface area contributed by atoms with Crippen LogP contribution >= 0.6 is 0 Å². The fraction of sp³-hybridized carbons (Fsp3) is 0.500. The minimum Gasteiger partial charge on any atom is -0.378 e. The third kappa shape index (κ3) is 3.37. The SMILES string of the molecule is NNC(CCCC1CCCO1)c1cccc2nccnc12. The lowest BCUT2D eigenvalue weighted by atomic mass is 9.98. The molecule has 112 valence electrons.